The minimum absolute atomic E-state index is 0.198. The summed E-state index contributed by atoms with van der Waals surface area (Å²) in [6.45, 7) is 5.19. The number of amides is 2. The number of halogens is 2. The van der Waals surface area contributed by atoms with Crippen molar-refractivity contribution >= 4 is 51.5 Å². The van der Waals surface area contributed by atoms with Gasteiger partial charge in [0, 0.05) is 10.6 Å². The highest BCUT2D eigenvalue weighted by Gasteiger charge is 2.24. The molecule has 34 heavy (non-hydrogen) atoms. The average molecular weight is 555 g/mol. The number of aliphatic carboxylic acids is 1. The lowest BCUT2D eigenvalue weighted by Crippen LogP contribution is -2.48. The molecule has 0 saturated carbocycles. The Morgan fingerprint density at radius 3 is 2.44 bits per heavy atom. The first-order chi connectivity index (χ1) is 16.1. The Bertz CT molecular complexity index is 1060. The van der Waals surface area contributed by atoms with Gasteiger partial charge in [-0.3, -0.25) is 9.59 Å². The molecule has 2 aromatic carbocycles. The van der Waals surface area contributed by atoms with Crippen molar-refractivity contribution in [3.63, 3.8) is 0 Å². The summed E-state index contributed by atoms with van der Waals surface area (Å²) in [7, 11) is 0. The molecule has 1 atom stereocenters. The summed E-state index contributed by atoms with van der Waals surface area (Å²) in [5.41, 5.74) is 3.37. The van der Waals surface area contributed by atoms with E-state index < -0.39 is 30.4 Å². The molecule has 2 rings (SSSR count). The minimum atomic E-state index is -1.12. The second-order valence-electron chi connectivity index (χ2n) is 7.38. The molecule has 0 heterocycles. The summed E-state index contributed by atoms with van der Waals surface area (Å²) in [5, 5.41) is 16.0. The molecule has 0 fully saturated rings. The van der Waals surface area contributed by atoms with E-state index in [-0.39, 0.29) is 11.7 Å². The molecule has 3 N–H and O–H groups in total. The standard InChI is InChI=1S/C23H25BrClN3O6/c1-4-33-18-10-14(9-17(24)21(18)34-12-19(29)30)11-26-28-23(32)20(13(2)3)27-22(31)15-5-7-16(25)8-6-15/h5-11,13,20H,4,12H2,1-3H3,(H,27,31)(H,28,32)(H,29,30). The monoisotopic (exact) mass is 553 g/mol. The predicted octanol–water partition coefficient (Wildman–Crippen LogP) is 3.87. The van der Waals surface area contributed by atoms with Crippen molar-refractivity contribution in [1.29, 1.82) is 0 Å². The van der Waals surface area contributed by atoms with Gasteiger partial charge in [-0.15, -0.1) is 0 Å². The summed E-state index contributed by atoms with van der Waals surface area (Å²) >= 11 is 9.18. The van der Waals surface area contributed by atoms with Crippen LogP contribution in [0.2, 0.25) is 5.02 Å². The highest BCUT2D eigenvalue weighted by atomic mass is 79.9. The van der Waals surface area contributed by atoms with E-state index in [4.69, 9.17) is 26.2 Å². The molecule has 0 spiro atoms. The first-order valence-corrected chi connectivity index (χ1v) is 11.5. The zero-order valence-corrected chi connectivity index (χ0v) is 21.1. The van der Waals surface area contributed by atoms with E-state index in [9.17, 15) is 14.4 Å². The van der Waals surface area contributed by atoms with Gasteiger partial charge in [0.05, 0.1) is 17.3 Å². The van der Waals surface area contributed by atoms with Gasteiger partial charge in [-0.25, -0.2) is 10.2 Å². The Hall–Kier alpha value is -3.11. The number of ether oxygens (including phenoxy) is 2. The Labute approximate surface area is 210 Å². The van der Waals surface area contributed by atoms with Crippen LogP contribution in [0, 0.1) is 5.92 Å². The van der Waals surface area contributed by atoms with Gasteiger partial charge in [-0.2, -0.15) is 5.10 Å². The summed E-state index contributed by atoms with van der Waals surface area (Å²) in [6, 6.07) is 8.75. The second kappa shape index (κ2) is 13.0. The van der Waals surface area contributed by atoms with Crippen molar-refractivity contribution in [2.24, 2.45) is 11.0 Å². The molecular weight excluding hydrogens is 530 g/mol. The maximum Gasteiger partial charge on any atom is 0.341 e. The molecule has 182 valence electrons. The number of benzene rings is 2. The average Bonchev–Trinajstić information content (AvgIpc) is 2.77. The smallest absolute Gasteiger partial charge is 0.341 e. The van der Waals surface area contributed by atoms with Gasteiger partial charge >= 0.3 is 5.97 Å². The summed E-state index contributed by atoms with van der Waals surface area (Å²) in [5.74, 6) is -1.64. The largest absolute Gasteiger partial charge is 0.490 e. The molecule has 9 nitrogen and oxygen atoms in total. The maximum absolute atomic E-state index is 12.7. The molecule has 0 aromatic heterocycles. The number of rotatable bonds is 11. The van der Waals surface area contributed by atoms with Gasteiger partial charge in [0.1, 0.15) is 6.04 Å². The number of nitrogens with zero attached hydrogens (tertiary/aromatic N) is 1. The van der Waals surface area contributed by atoms with Crippen LogP contribution in [0.25, 0.3) is 0 Å². The van der Waals surface area contributed by atoms with Crippen LogP contribution >= 0.6 is 27.5 Å². The van der Waals surface area contributed by atoms with E-state index in [1.165, 1.54) is 6.21 Å². The van der Waals surface area contributed by atoms with Crippen LogP contribution in [0.3, 0.4) is 0 Å². The molecule has 2 aromatic rings. The van der Waals surface area contributed by atoms with Gasteiger partial charge in [0.15, 0.2) is 18.1 Å². The van der Waals surface area contributed by atoms with Crippen LogP contribution in [-0.2, 0) is 9.59 Å². The number of hydrazone groups is 1. The zero-order chi connectivity index (χ0) is 25.3. The Morgan fingerprint density at radius 1 is 1.18 bits per heavy atom. The quantitative estimate of drug-likeness (QED) is 0.286. The number of hydrogen-bond donors (Lipinski definition) is 3. The Kier molecular flexibility index (Phi) is 10.3. The lowest BCUT2D eigenvalue weighted by atomic mass is 10.0. The van der Waals surface area contributed by atoms with Crippen molar-refractivity contribution in [1.82, 2.24) is 10.7 Å². The van der Waals surface area contributed by atoms with E-state index >= 15 is 0 Å². The van der Waals surface area contributed by atoms with Crippen molar-refractivity contribution < 1.29 is 29.0 Å². The van der Waals surface area contributed by atoms with Gasteiger partial charge in [-0.1, -0.05) is 25.4 Å². The molecule has 0 aliphatic rings. The van der Waals surface area contributed by atoms with E-state index in [0.717, 1.165) is 0 Å². The van der Waals surface area contributed by atoms with E-state index in [1.807, 2.05) is 0 Å². The predicted molar refractivity (Wildman–Crippen MR) is 132 cm³/mol. The molecular formula is C23H25BrClN3O6. The number of nitrogens with one attached hydrogen (secondary N) is 2. The number of carbonyl (C=O) groups is 3. The SMILES string of the molecule is CCOc1cc(C=NNC(=O)C(NC(=O)c2ccc(Cl)cc2)C(C)C)cc(Br)c1OCC(=O)O. The number of hydrogen-bond acceptors (Lipinski definition) is 6. The van der Waals surface area contributed by atoms with Crippen molar-refractivity contribution in [3.05, 3.63) is 57.0 Å². The molecule has 11 heteroatoms. The summed E-state index contributed by atoms with van der Waals surface area (Å²) < 4.78 is 11.3. The number of carbonyl (C=O) groups excluding carboxylic acids is 2. The normalized spacial score (nSPS) is 11.8. The molecule has 0 aliphatic carbocycles. The van der Waals surface area contributed by atoms with Crippen LogP contribution in [0.4, 0.5) is 0 Å². The topological polar surface area (TPSA) is 126 Å². The Morgan fingerprint density at radius 2 is 1.85 bits per heavy atom. The third-order valence-electron chi connectivity index (χ3n) is 4.40. The second-order valence-corrected chi connectivity index (χ2v) is 8.67. The fourth-order valence-corrected chi connectivity index (χ4v) is 3.50. The lowest BCUT2D eigenvalue weighted by Gasteiger charge is -2.20. The van der Waals surface area contributed by atoms with Gasteiger partial charge in [0.2, 0.25) is 0 Å². The van der Waals surface area contributed by atoms with Crippen LogP contribution in [0.5, 0.6) is 11.5 Å². The van der Waals surface area contributed by atoms with E-state index in [2.05, 4.69) is 31.8 Å². The van der Waals surface area contributed by atoms with Crippen molar-refractivity contribution in [2.45, 2.75) is 26.8 Å². The van der Waals surface area contributed by atoms with Gasteiger partial charge in [-0.05, 0) is 70.7 Å². The molecule has 0 saturated heterocycles. The fraction of sp³-hybridized carbons (Fsp3) is 0.304. The van der Waals surface area contributed by atoms with Crippen LogP contribution in [0.1, 0.15) is 36.7 Å². The zero-order valence-electron chi connectivity index (χ0n) is 18.8. The third-order valence-corrected chi connectivity index (χ3v) is 5.24. The molecule has 0 aliphatic heterocycles. The summed E-state index contributed by atoms with van der Waals surface area (Å²) in [4.78, 5) is 36.0. The van der Waals surface area contributed by atoms with E-state index in [0.29, 0.717) is 33.0 Å². The summed E-state index contributed by atoms with van der Waals surface area (Å²) in [6.07, 6.45) is 1.39. The van der Waals surface area contributed by atoms with Gasteiger partial charge in [0.25, 0.3) is 11.8 Å². The first-order valence-electron chi connectivity index (χ1n) is 10.3. The van der Waals surface area contributed by atoms with Crippen molar-refractivity contribution in [2.75, 3.05) is 13.2 Å². The molecule has 2 amide bonds. The van der Waals surface area contributed by atoms with E-state index in [1.54, 1.807) is 57.2 Å². The number of carboxylic acid groups (broad SMARTS) is 1. The first kappa shape index (κ1) is 27.1. The van der Waals surface area contributed by atoms with Crippen molar-refractivity contribution in [3.8, 4) is 11.5 Å². The molecule has 0 radical (unpaired) electrons. The lowest BCUT2D eigenvalue weighted by molar-refractivity contribution is -0.139. The maximum atomic E-state index is 12.7. The minimum Gasteiger partial charge on any atom is -0.490 e. The van der Waals surface area contributed by atoms with Crippen LogP contribution in [-0.4, -0.2) is 48.4 Å². The number of carboxylic acids is 1. The highest BCUT2D eigenvalue weighted by Crippen LogP contribution is 2.36. The fourth-order valence-electron chi connectivity index (χ4n) is 2.80. The molecule has 0 bridgehead atoms. The van der Waals surface area contributed by atoms with Crippen LogP contribution < -0.4 is 20.2 Å². The third kappa shape index (κ3) is 8.03. The Balaban J connectivity index is 2.10. The van der Waals surface area contributed by atoms with Crippen LogP contribution in [0.15, 0.2) is 46.0 Å². The highest BCUT2D eigenvalue weighted by molar-refractivity contribution is 9.10. The van der Waals surface area contributed by atoms with Gasteiger partial charge < -0.3 is 19.9 Å². The molecule has 1 unspecified atom stereocenters.